The minimum atomic E-state index is -3.22. The number of sulfone groups is 1. The van der Waals surface area contributed by atoms with Crippen LogP contribution in [-0.4, -0.2) is 25.7 Å². The van der Waals surface area contributed by atoms with E-state index < -0.39 is 21.2 Å². The number of carbonyl (C=O) groups is 1. The molecule has 23 heavy (non-hydrogen) atoms. The molecule has 0 amide bonds. The number of hydrogen-bond acceptors (Lipinski definition) is 3. The number of rotatable bonds is 4. The van der Waals surface area contributed by atoms with Gasteiger partial charge in [-0.3, -0.25) is 4.79 Å². The van der Waals surface area contributed by atoms with E-state index in [-0.39, 0.29) is 4.90 Å². The quantitative estimate of drug-likeness (QED) is 0.934. The largest absolute Gasteiger partial charge is 0.481 e. The summed E-state index contributed by atoms with van der Waals surface area (Å²) in [6, 6.07) is 14.2. The van der Waals surface area contributed by atoms with Crippen LogP contribution in [0.15, 0.2) is 53.4 Å². The Bertz CT molecular complexity index is 847. The number of carboxylic acid groups (broad SMARTS) is 1. The molecule has 0 bridgehead atoms. The van der Waals surface area contributed by atoms with Gasteiger partial charge in [-0.15, -0.1) is 0 Å². The van der Waals surface area contributed by atoms with Gasteiger partial charge in [0, 0.05) is 6.26 Å². The Balaban J connectivity index is 1.99. The third-order valence-electron chi connectivity index (χ3n) is 4.65. The van der Waals surface area contributed by atoms with Gasteiger partial charge in [-0.05, 0) is 41.7 Å². The van der Waals surface area contributed by atoms with Crippen molar-refractivity contribution >= 4 is 15.8 Å². The van der Waals surface area contributed by atoms with Gasteiger partial charge in [-0.25, -0.2) is 8.42 Å². The number of aliphatic carboxylic acids is 1. The molecule has 2 aromatic carbocycles. The van der Waals surface area contributed by atoms with Gasteiger partial charge in [-0.2, -0.15) is 0 Å². The van der Waals surface area contributed by atoms with Gasteiger partial charge in [0.15, 0.2) is 9.84 Å². The lowest BCUT2D eigenvalue weighted by atomic mass is 9.64. The molecule has 1 fully saturated rings. The minimum absolute atomic E-state index is 0.276. The second-order valence-electron chi connectivity index (χ2n) is 6.12. The first-order valence-electron chi connectivity index (χ1n) is 7.47. The van der Waals surface area contributed by atoms with Crippen LogP contribution >= 0.6 is 0 Å². The summed E-state index contributed by atoms with van der Waals surface area (Å²) < 4.78 is 23.0. The highest BCUT2D eigenvalue weighted by molar-refractivity contribution is 7.90. The summed E-state index contributed by atoms with van der Waals surface area (Å²) in [4.78, 5) is 11.9. The molecule has 1 N–H and O–H groups in total. The maximum atomic E-state index is 11.6. The topological polar surface area (TPSA) is 71.4 Å². The summed E-state index contributed by atoms with van der Waals surface area (Å²) in [5.41, 5.74) is 1.83. The highest BCUT2D eigenvalue weighted by Crippen LogP contribution is 2.44. The lowest BCUT2D eigenvalue weighted by molar-refractivity contribution is -0.147. The lowest BCUT2D eigenvalue weighted by Gasteiger charge is -2.38. The van der Waals surface area contributed by atoms with E-state index in [2.05, 4.69) is 0 Å². The Morgan fingerprint density at radius 1 is 1.04 bits per heavy atom. The first kappa shape index (κ1) is 15.7. The zero-order chi connectivity index (χ0) is 16.7. The Morgan fingerprint density at radius 2 is 1.70 bits per heavy atom. The summed E-state index contributed by atoms with van der Waals surface area (Å²) in [5, 5.41) is 9.56. The van der Waals surface area contributed by atoms with Crippen molar-refractivity contribution in [3.05, 3.63) is 54.1 Å². The Kier molecular flexibility index (Phi) is 3.76. The van der Waals surface area contributed by atoms with Crippen molar-refractivity contribution < 1.29 is 18.3 Å². The molecule has 0 spiro atoms. The highest BCUT2D eigenvalue weighted by Gasteiger charge is 2.45. The molecule has 120 valence electrons. The second-order valence-corrected chi connectivity index (χ2v) is 8.13. The van der Waals surface area contributed by atoms with Crippen molar-refractivity contribution in [2.75, 3.05) is 6.26 Å². The first-order chi connectivity index (χ1) is 10.8. The van der Waals surface area contributed by atoms with Crippen LogP contribution in [0.25, 0.3) is 11.1 Å². The maximum absolute atomic E-state index is 11.6. The van der Waals surface area contributed by atoms with Crippen LogP contribution in [0, 0.1) is 0 Å². The molecule has 5 heteroatoms. The van der Waals surface area contributed by atoms with Crippen LogP contribution < -0.4 is 0 Å². The fourth-order valence-electron chi connectivity index (χ4n) is 3.05. The van der Waals surface area contributed by atoms with E-state index in [0.29, 0.717) is 12.8 Å². The van der Waals surface area contributed by atoms with Crippen molar-refractivity contribution in [3.63, 3.8) is 0 Å². The number of hydrogen-bond donors (Lipinski definition) is 1. The normalized spacial score (nSPS) is 16.6. The van der Waals surface area contributed by atoms with Gasteiger partial charge >= 0.3 is 5.97 Å². The molecule has 0 unspecified atom stereocenters. The number of benzene rings is 2. The van der Waals surface area contributed by atoms with E-state index in [1.54, 1.807) is 24.3 Å². The molecule has 0 heterocycles. The van der Waals surface area contributed by atoms with Crippen molar-refractivity contribution in [2.24, 2.45) is 0 Å². The lowest BCUT2D eigenvalue weighted by Crippen LogP contribution is -2.42. The molecule has 0 saturated heterocycles. The van der Waals surface area contributed by atoms with Gasteiger partial charge in [0.1, 0.15) is 0 Å². The first-order valence-corrected chi connectivity index (χ1v) is 9.36. The van der Waals surface area contributed by atoms with Crippen LogP contribution in [-0.2, 0) is 20.0 Å². The van der Waals surface area contributed by atoms with E-state index in [9.17, 15) is 18.3 Å². The SMILES string of the molecule is CS(=O)(=O)c1ccc(-c2cccc(C3(C(=O)O)CCC3)c2)cc1. The molecule has 0 aromatic heterocycles. The zero-order valence-corrected chi connectivity index (χ0v) is 13.6. The number of carboxylic acids is 1. The van der Waals surface area contributed by atoms with Crippen molar-refractivity contribution in [1.82, 2.24) is 0 Å². The predicted octanol–water partition coefficient (Wildman–Crippen LogP) is 3.26. The summed E-state index contributed by atoms with van der Waals surface area (Å²) >= 11 is 0. The smallest absolute Gasteiger partial charge is 0.314 e. The summed E-state index contributed by atoms with van der Waals surface area (Å²) in [6.07, 6.45) is 3.44. The van der Waals surface area contributed by atoms with Gasteiger partial charge < -0.3 is 5.11 Å². The molecular weight excluding hydrogens is 312 g/mol. The fourth-order valence-corrected chi connectivity index (χ4v) is 3.68. The average molecular weight is 330 g/mol. The molecular formula is C18H18O4S. The fraction of sp³-hybridized carbons (Fsp3) is 0.278. The molecule has 0 aliphatic heterocycles. The van der Waals surface area contributed by atoms with Gasteiger partial charge in [0.05, 0.1) is 10.3 Å². The zero-order valence-electron chi connectivity index (χ0n) is 12.8. The Hall–Kier alpha value is -2.14. The van der Waals surface area contributed by atoms with Gasteiger partial charge in [-0.1, -0.05) is 42.8 Å². The van der Waals surface area contributed by atoms with Crippen molar-refractivity contribution in [1.29, 1.82) is 0 Å². The molecule has 3 rings (SSSR count). The van der Waals surface area contributed by atoms with Crippen LogP contribution in [0.4, 0.5) is 0 Å². The van der Waals surface area contributed by atoms with E-state index in [0.717, 1.165) is 23.1 Å². The maximum Gasteiger partial charge on any atom is 0.314 e. The Morgan fingerprint density at radius 3 is 2.17 bits per heavy atom. The standard InChI is InChI=1S/C18H18O4S/c1-23(21,22)16-8-6-13(7-9-16)14-4-2-5-15(12-14)18(17(19)20)10-3-11-18/h2,4-9,12H,3,10-11H2,1H3,(H,19,20). The molecule has 1 aliphatic carbocycles. The van der Waals surface area contributed by atoms with Gasteiger partial charge in [0.2, 0.25) is 0 Å². The summed E-state index contributed by atoms with van der Waals surface area (Å²) in [7, 11) is -3.22. The summed E-state index contributed by atoms with van der Waals surface area (Å²) in [5.74, 6) is -0.770. The minimum Gasteiger partial charge on any atom is -0.481 e. The molecule has 1 aliphatic rings. The third kappa shape index (κ3) is 2.77. The predicted molar refractivity (Wildman–Crippen MR) is 88.2 cm³/mol. The summed E-state index contributed by atoms with van der Waals surface area (Å²) in [6.45, 7) is 0. The molecule has 2 aromatic rings. The van der Waals surface area contributed by atoms with Gasteiger partial charge in [0.25, 0.3) is 0 Å². The van der Waals surface area contributed by atoms with E-state index in [4.69, 9.17) is 0 Å². The van der Waals surface area contributed by atoms with Crippen LogP contribution in [0.1, 0.15) is 24.8 Å². The van der Waals surface area contributed by atoms with E-state index in [1.165, 1.54) is 6.26 Å². The second kappa shape index (κ2) is 5.49. The van der Waals surface area contributed by atoms with Crippen LogP contribution in [0.2, 0.25) is 0 Å². The highest BCUT2D eigenvalue weighted by atomic mass is 32.2. The molecule has 4 nitrogen and oxygen atoms in total. The van der Waals surface area contributed by atoms with E-state index >= 15 is 0 Å². The van der Waals surface area contributed by atoms with Crippen LogP contribution in [0.5, 0.6) is 0 Å². The van der Waals surface area contributed by atoms with E-state index in [1.807, 2.05) is 24.3 Å². The third-order valence-corrected chi connectivity index (χ3v) is 5.78. The molecule has 0 radical (unpaired) electrons. The van der Waals surface area contributed by atoms with Crippen molar-refractivity contribution in [2.45, 2.75) is 29.6 Å². The average Bonchev–Trinajstić information content (AvgIpc) is 2.45. The van der Waals surface area contributed by atoms with Crippen LogP contribution in [0.3, 0.4) is 0 Å². The molecule has 1 saturated carbocycles. The molecule has 0 atom stereocenters. The Labute approximate surface area is 135 Å². The monoisotopic (exact) mass is 330 g/mol. The van der Waals surface area contributed by atoms with Crippen molar-refractivity contribution in [3.8, 4) is 11.1 Å².